The zero-order chi connectivity index (χ0) is 16.4. The molecule has 2 aromatic carbocycles. The van der Waals surface area contributed by atoms with Crippen LogP contribution < -0.4 is 5.32 Å². The number of carbonyl (C=O) groups is 1. The number of amides is 1. The van der Waals surface area contributed by atoms with Crippen molar-refractivity contribution < 1.29 is 9.72 Å². The smallest absolute Gasteiger partial charge is 0.289 e. The van der Waals surface area contributed by atoms with Crippen LogP contribution >= 0.6 is 46.4 Å². The van der Waals surface area contributed by atoms with Crippen molar-refractivity contribution in [2.24, 2.45) is 0 Å². The van der Waals surface area contributed by atoms with Gasteiger partial charge in [-0.05, 0) is 24.3 Å². The molecule has 2 aromatic rings. The molecule has 0 atom stereocenters. The van der Waals surface area contributed by atoms with Gasteiger partial charge in [0, 0.05) is 11.1 Å². The molecule has 0 spiro atoms. The van der Waals surface area contributed by atoms with Crippen molar-refractivity contribution in [1.29, 1.82) is 0 Å². The largest absolute Gasteiger partial charge is 0.321 e. The Labute approximate surface area is 144 Å². The van der Waals surface area contributed by atoms with E-state index in [0.717, 1.165) is 6.07 Å². The van der Waals surface area contributed by atoms with E-state index < -0.39 is 10.8 Å². The zero-order valence-electron chi connectivity index (χ0n) is 10.6. The van der Waals surface area contributed by atoms with E-state index in [1.54, 1.807) is 0 Å². The van der Waals surface area contributed by atoms with Crippen LogP contribution in [0.4, 0.5) is 11.4 Å². The Morgan fingerprint density at radius 3 is 2.27 bits per heavy atom. The van der Waals surface area contributed by atoms with Gasteiger partial charge in [0.25, 0.3) is 11.6 Å². The molecule has 1 amide bonds. The second-order valence-corrected chi connectivity index (χ2v) is 5.78. The van der Waals surface area contributed by atoms with Crippen molar-refractivity contribution in [2.75, 3.05) is 5.32 Å². The highest BCUT2D eigenvalue weighted by Crippen LogP contribution is 2.34. The molecule has 0 fully saturated rings. The second-order valence-electron chi connectivity index (χ2n) is 4.12. The molecule has 114 valence electrons. The maximum absolute atomic E-state index is 12.2. The number of halogens is 4. The molecule has 2 rings (SSSR count). The standard InChI is InChI=1S/C13H6Cl4N2O3/c14-6-1-2-7(8(15)3-6)13(20)18-11-4-10(17)12(19(21)22)5-9(11)16/h1-5H,(H,18,20). The van der Waals surface area contributed by atoms with E-state index in [1.165, 1.54) is 24.3 Å². The average Bonchev–Trinajstić information content (AvgIpc) is 2.41. The third-order valence-electron chi connectivity index (χ3n) is 2.66. The Balaban J connectivity index is 2.32. The lowest BCUT2D eigenvalue weighted by Crippen LogP contribution is -2.13. The molecule has 1 N–H and O–H groups in total. The van der Waals surface area contributed by atoms with Gasteiger partial charge >= 0.3 is 0 Å². The van der Waals surface area contributed by atoms with Crippen LogP contribution in [0.5, 0.6) is 0 Å². The van der Waals surface area contributed by atoms with Crippen LogP contribution in [0.3, 0.4) is 0 Å². The van der Waals surface area contributed by atoms with Gasteiger partial charge in [0.1, 0.15) is 5.02 Å². The minimum absolute atomic E-state index is 0.0189. The summed E-state index contributed by atoms with van der Waals surface area (Å²) in [6.07, 6.45) is 0. The molecule has 0 bridgehead atoms. The van der Waals surface area contributed by atoms with Crippen molar-refractivity contribution in [2.45, 2.75) is 0 Å². The van der Waals surface area contributed by atoms with Crippen molar-refractivity contribution in [3.63, 3.8) is 0 Å². The van der Waals surface area contributed by atoms with Crippen molar-refractivity contribution >= 4 is 63.7 Å². The summed E-state index contributed by atoms with van der Waals surface area (Å²) in [7, 11) is 0. The number of rotatable bonds is 3. The fourth-order valence-corrected chi connectivity index (χ4v) is 2.57. The van der Waals surface area contributed by atoms with Gasteiger partial charge in [-0.2, -0.15) is 0 Å². The van der Waals surface area contributed by atoms with Gasteiger partial charge in [-0.25, -0.2) is 0 Å². The number of carbonyl (C=O) groups excluding carboxylic acids is 1. The van der Waals surface area contributed by atoms with Crippen LogP contribution in [0, 0.1) is 10.1 Å². The van der Waals surface area contributed by atoms with Crippen LogP contribution in [-0.4, -0.2) is 10.8 Å². The first-order valence-electron chi connectivity index (χ1n) is 5.69. The Hall–Kier alpha value is -1.53. The molecule has 0 aliphatic rings. The highest BCUT2D eigenvalue weighted by Gasteiger charge is 2.18. The van der Waals surface area contributed by atoms with Gasteiger partial charge in [0.2, 0.25) is 0 Å². The summed E-state index contributed by atoms with van der Waals surface area (Å²) < 4.78 is 0. The maximum Gasteiger partial charge on any atom is 0.289 e. The number of benzene rings is 2. The summed E-state index contributed by atoms with van der Waals surface area (Å²) in [5.74, 6) is -0.548. The van der Waals surface area contributed by atoms with Gasteiger partial charge in [-0.15, -0.1) is 0 Å². The monoisotopic (exact) mass is 378 g/mol. The molecule has 0 unspecified atom stereocenters. The Morgan fingerprint density at radius 1 is 1.00 bits per heavy atom. The lowest BCUT2D eigenvalue weighted by Gasteiger charge is -2.09. The Kier molecular flexibility index (Phi) is 5.13. The molecule has 9 heteroatoms. The Morgan fingerprint density at radius 2 is 1.68 bits per heavy atom. The number of nitro groups is 1. The predicted octanol–water partition coefficient (Wildman–Crippen LogP) is 5.46. The van der Waals surface area contributed by atoms with Gasteiger partial charge in [0.05, 0.1) is 26.2 Å². The summed E-state index contributed by atoms with van der Waals surface area (Å²) in [6.45, 7) is 0. The third-order valence-corrected chi connectivity index (χ3v) is 3.82. The SMILES string of the molecule is O=C(Nc1cc(Cl)c([N+](=O)[O-])cc1Cl)c1ccc(Cl)cc1Cl. The molecule has 5 nitrogen and oxygen atoms in total. The summed E-state index contributed by atoms with van der Waals surface area (Å²) >= 11 is 23.4. The highest BCUT2D eigenvalue weighted by atomic mass is 35.5. The average molecular weight is 380 g/mol. The summed E-state index contributed by atoms with van der Waals surface area (Å²) in [4.78, 5) is 22.2. The lowest BCUT2D eigenvalue weighted by atomic mass is 10.2. The third kappa shape index (κ3) is 3.62. The summed E-state index contributed by atoms with van der Waals surface area (Å²) in [5, 5.41) is 13.6. The minimum Gasteiger partial charge on any atom is -0.321 e. The predicted molar refractivity (Wildman–Crippen MR) is 87.5 cm³/mol. The van der Waals surface area contributed by atoms with Crippen LogP contribution in [0.2, 0.25) is 20.1 Å². The zero-order valence-corrected chi connectivity index (χ0v) is 13.6. The minimum atomic E-state index is -0.671. The summed E-state index contributed by atoms with van der Waals surface area (Å²) in [6, 6.07) is 6.63. The fourth-order valence-electron chi connectivity index (χ4n) is 1.64. The molecule has 0 saturated heterocycles. The fraction of sp³-hybridized carbons (Fsp3) is 0. The molecule has 0 aromatic heterocycles. The van der Waals surface area contributed by atoms with E-state index >= 15 is 0 Å². The molecule has 0 aliphatic heterocycles. The van der Waals surface area contributed by atoms with Crippen molar-refractivity contribution in [1.82, 2.24) is 0 Å². The number of nitro benzene ring substituents is 1. The molecule has 0 aliphatic carbocycles. The normalized spacial score (nSPS) is 10.4. The van der Waals surface area contributed by atoms with E-state index in [-0.39, 0.29) is 32.0 Å². The van der Waals surface area contributed by atoms with Gasteiger partial charge < -0.3 is 5.32 Å². The van der Waals surface area contributed by atoms with E-state index in [1.807, 2.05) is 0 Å². The maximum atomic E-state index is 12.2. The van der Waals surface area contributed by atoms with Crippen LogP contribution in [0.1, 0.15) is 10.4 Å². The van der Waals surface area contributed by atoms with E-state index in [9.17, 15) is 14.9 Å². The first-order chi connectivity index (χ1) is 10.3. The van der Waals surface area contributed by atoms with E-state index in [2.05, 4.69) is 5.32 Å². The van der Waals surface area contributed by atoms with Crippen molar-refractivity contribution in [3.8, 4) is 0 Å². The molecular formula is C13H6Cl4N2O3. The van der Waals surface area contributed by atoms with Crippen LogP contribution in [0.25, 0.3) is 0 Å². The van der Waals surface area contributed by atoms with Gasteiger partial charge in [0.15, 0.2) is 0 Å². The number of hydrogen-bond donors (Lipinski definition) is 1. The van der Waals surface area contributed by atoms with Crippen molar-refractivity contribution in [3.05, 3.63) is 66.1 Å². The quantitative estimate of drug-likeness (QED) is 0.568. The number of anilines is 1. The Bertz CT molecular complexity index is 780. The van der Waals surface area contributed by atoms with Crippen LogP contribution in [-0.2, 0) is 0 Å². The molecule has 22 heavy (non-hydrogen) atoms. The molecule has 0 radical (unpaired) electrons. The number of hydrogen-bond acceptors (Lipinski definition) is 3. The molecular weight excluding hydrogens is 374 g/mol. The topological polar surface area (TPSA) is 72.2 Å². The summed E-state index contributed by atoms with van der Waals surface area (Å²) in [5.41, 5.74) is -0.0425. The van der Waals surface area contributed by atoms with Gasteiger partial charge in [-0.3, -0.25) is 14.9 Å². The number of nitrogens with zero attached hydrogens (tertiary/aromatic N) is 1. The first kappa shape index (κ1) is 16.8. The first-order valence-corrected chi connectivity index (χ1v) is 7.20. The van der Waals surface area contributed by atoms with E-state index in [0.29, 0.717) is 5.02 Å². The van der Waals surface area contributed by atoms with Crippen LogP contribution in [0.15, 0.2) is 30.3 Å². The van der Waals surface area contributed by atoms with Gasteiger partial charge in [-0.1, -0.05) is 46.4 Å². The number of nitrogens with one attached hydrogen (secondary N) is 1. The highest BCUT2D eigenvalue weighted by molar-refractivity contribution is 6.39. The molecule has 0 heterocycles. The van der Waals surface area contributed by atoms with E-state index in [4.69, 9.17) is 46.4 Å². The second kappa shape index (κ2) is 6.71. The molecule has 0 saturated carbocycles. The lowest BCUT2D eigenvalue weighted by molar-refractivity contribution is -0.384.